The van der Waals surface area contributed by atoms with Crippen LogP contribution >= 0.6 is 11.3 Å². The number of hydrogen-bond acceptors (Lipinski definition) is 8. The third-order valence-corrected chi connectivity index (χ3v) is 6.25. The molecule has 1 amide bonds. The highest BCUT2D eigenvalue weighted by atomic mass is 32.1. The summed E-state index contributed by atoms with van der Waals surface area (Å²) >= 11 is 1.23. The lowest BCUT2D eigenvalue weighted by molar-refractivity contribution is -0.116. The fourth-order valence-corrected chi connectivity index (χ4v) is 4.63. The molecule has 0 bridgehead atoms. The van der Waals surface area contributed by atoms with Gasteiger partial charge in [-0.05, 0) is 25.0 Å². The van der Waals surface area contributed by atoms with Gasteiger partial charge in [-0.1, -0.05) is 23.5 Å². The van der Waals surface area contributed by atoms with Gasteiger partial charge in [0, 0.05) is 20.1 Å². The Labute approximate surface area is 180 Å². The molecule has 11 heteroatoms. The van der Waals surface area contributed by atoms with Crippen molar-refractivity contribution in [3.05, 3.63) is 50.7 Å². The highest BCUT2D eigenvalue weighted by Gasteiger charge is 2.22. The zero-order valence-electron chi connectivity index (χ0n) is 17.1. The number of esters is 1. The molecule has 10 nitrogen and oxygen atoms in total. The first-order chi connectivity index (χ1) is 14.9. The van der Waals surface area contributed by atoms with E-state index in [0.29, 0.717) is 9.83 Å². The summed E-state index contributed by atoms with van der Waals surface area (Å²) < 4.78 is 7.22. The number of ether oxygens (including phenoxy) is 1. The van der Waals surface area contributed by atoms with Crippen molar-refractivity contribution < 1.29 is 14.3 Å². The average molecular weight is 443 g/mol. The molecule has 162 valence electrons. The Morgan fingerprint density at radius 2 is 1.90 bits per heavy atom. The van der Waals surface area contributed by atoms with Gasteiger partial charge in [0.15, 0.2) is 10.8 Å². The summed E-state index contributed by atoms with van der Waals surface area (Å²) in [6.45, 7) is 1.33. The second-order valence-corrected chi connectivity index (χ2v) is 8.14. The van der Waals surface area contributed by atoms with Crippen LogP contribution in [0.3, 0.4) is 0 Å². The number of nitrogens with one attached hydrogen (secondary N) is 1. The molecule has 0 radical (unpaired) electrons. The standard InChI is InChI=1S/C20H21N5O5S/c1-23-17(27)15-16(22-19(31-15)24-9-5-6-10-24)25(20(23)29)11-14(26)21-13-8-4-3-7-12(13)18(28)30-2/h3-4,7-8H,5-6,9-11H2,1-2H3,(H,21,26). The second kappa shape index (κ2) is 8.34. The Kier molecular flexibility index (Phi) is 5.59. The minimum Gasteiger partial charge on any atom is -0.465 e. The molecule has 1 saturated heterocycles. The van der Waals surface area contributed by atoms with Crippen molar-refractivity contribution in [2.45, 2.75) is 19.4 Å². The molecular weight excluding hydrogens is 422 g/mol. The van der Waals surface area contributed by atoms with Gasteiger partial charge in [-0.3, -0.25) is 18.7 Å². The number of carbonyl (C=O) groups excluding carboxylic acids is 2. The van der Waals surface area contributed by atoms with Gasteiger partial charge in [-0.25, -0.2) is 14.6 Å². The molecule has 31 heavy (non-hydrogen) atoms. The summed E-state index contributed by atoms with van der Waals surface area (Å²) in [6.07, 6.45) is 2.09. The summed E-state index contributed by atoms with van der Waals surface area (Å²) in [5, 5.41) is 3.31. The predicted octanol–water partition coefficient (Wildman–Crippen LogP) is 1.18. The summed E-state index contributed by atoms with van der Waals surface area (Å²) in [6, 6.07) is 6.41. The van der Waals surface area contributed by atoms with Crippen LogP contribution in [0.1, 0.15) is 23.2 Å². The number of fused-ring (bicyclic) bond motifs is 1. The van der Waals surface area contributed by atoms with Gasteiger partial charge in [0.05, 0.1) is 18.4 Å². The molecule has 0 atom stereocenters. The summed E-state index contributed by atoms with van der Waals surface area (Å²) in [5.74, 6) is -1.12. The topological polar surface area (TPSA) is 116 Å². The Morgan fingerprint density at radius 1 is 1.19 bits per heavy atom. The van der Waals surface area contributed by atoms with E-state index < -0.39 is 23.1 Å². The maximum atomic E-state index is 12.8. The van der Waals surface area contributed by atoms with Crippen LogP contribution in [0, 0.1) is 0 Å². The zero-order chi connectivity index (χ0) is 22.1. The Hall–Kier alpha value is -3.47. The number of carbonyl (C=O) groups is 2. The van der Waals surface area contributed by atoms with Crippen LogP contribution < -0.4 is 21.5 Å². The van der Waals surface area contributed by atoms with Gasteiger partial charge < -0.3 is 15.0 Å². The second-order valence-electron chi connectivity index (χ2n) is 7.16. The smallest absolute Gasteiger partial charge is 0.339 e. The Bertz CT molecular complexity index is 1290. The number of para-hydroxylation sites is 1. The molecule has 1 aromatic carbocycles. The predicted molar refractivity (Wildman–Crippen MR) is 117 cm³/mol. The van der Waals surface area contributed by atoms with Crippen molar-refractivity contribution in [1.29, 1.82) is 0 Å². The number of nitrogens with zero attached hydrogens (tertiary/aromatic N) is 4. The number of rotatable bonds is 5. The number of methoxy groups -OCH3 is 1. The Balaban J connectivity index is 1.70. The van der Waals surface area contributed by atoms with Gasteiger partial charge in [0.25, 0.3) is 5.56 Å². The molecule has 0 unspecified atom stereocenters. The summed E-state index contributed by atoms with van der Waals surface area (Å²) in [7, 11) is 2.63. The molecule has 4 rings (SSSR count). The maximum Gasteiger partial charge on any atom is 0.339 e. The Morgan fingerprint density at radius 3 is 2.61 bits per heavy atom. The van der Waals surface area contributed by atoms with Crippen LogP contribution in [0.5, 0.6) is 0 Å². The molecule has 3 heterocycles. The van der Waals surface area contributed by atoms with E-state index >= 15 is 0 Å². The third kappa shape index (κ3) is 3.83. The molecular formula is C20H21N5O5S. The SMILES string of the molecule is COC(=O)c1ccccc1NC(=O)Cn1c(=O)n(C)c(=O)c2sc(N3CCCC3)nc21. The van der Waals surface area contributed by atoms with E-state index in [9.17, 15) is 19.2 Å². The summed E-state index contributed by atoms with van der Waals surface area (Å²) in [4.78, 5) is 56.7. The van der Waals surface area contributed by atoms with Gasteiger partial charge in [-0.15, -0.1) is 0 Å². The van der Waals surface area contributed by atoms with E-state index in [4.69, 9.17) is 4.74 Å². The van der Waals surface area contributed by atoms with E-state index in [1.807, 2.05) is 0 Å². The zero-order valence-corrected chi connectivity index (χ0v) is 17.9. The molecule has 1 N–H and O–H groups in total. The maximum absolute atomic E-state index is 12.8. The van der Waals surface area contributed by atoms with E-state index in [0.717, 1.165) is 30.5 Å². The van der Waals surface area contributed by atoms with Gasteiger partial charge in [0.2, 0.25) is 5.91 Å². The minimum absolute atomic E-state index is 0.191. The minimum atomic E-state index is -0.632. The van der Waals surface area contributed by atoms with Crippen molar-refractivity contribution >= 4 is 44.4 Å². The number of anilines is 2. The van der Waals surface area contributed by atoms with Gasteiger partial charge >= 0.3 is 11.7 Å². The lowest BCUT2D eigenvalue weighted by Crippen LogP contribution is -2.40. The first-order valence-electron chi connectivity index (χ1n) is 9.73. The van der Waals surface area contributed by atoms with Crippen molar-refractivity contribution in [3.8, 4) is 0 Å². The van der Waals surface area contributed by atoms with E-state index in [2.05, 4.69) is 15.2 Å². The first kappa shape index (κ1) is 20.8. The number of hydrogen-bond donors (Lipinski definition) is 1. The van der Waals surface area contributed by atoms with E-state index in [1.165, 1.54) is 36.1 Å². The van der Waals surface area contributed by atoms with Crippen molar-refractivity contribution in [2.75, 3.05) is 30.4 Å². The number of benzene rings is 1. The molecule has 1 aliphatic rings. The third-order valence-electron chi connectivity index (χ3n) is 5.16. The monoisotopic (exact) mass is 443 g/mol. The summed E-state index contributed by atoms with van der Waals surface area (Å²) in [5.41, 5.74) is -0.412. The highest BCUT2D eigenvalue weighted by molar-refractivity contribution is 7.22. The van der Waals surface area contributed by atoms with Crippen molar-refractivity contribution in [2.24, 2.45) is 7.05 Å². The molecule has 2 aromatic heterocycles. The van der Waals surface area contributed by atoms with E-state index in [1.54, 1.807) is 18.2 Å². The molecule has 0 spiro atoms. The van der Waals surface area contributed by atoms with E-state index in [-0.39, 0.29) is 23.4 Å². The van der Waals surface area contributed by atoms with Crippen molar-refractivity contribution in [3.63, 3.8) is 0 Å². The molecule has 1 aliphatic heterocycles. The lowest BCUT2D eigenvalue weighted by atomic mass is 10.2. The van der Waals surface area contributed by atoms with Crippen LogP contribution in [0.15, 0.2) is 33.9 Å². The fraction of sp³-hybridized carbons (Fsp3) is 0.350. The van der Waals surface area contributed by atoms with Gasteiger partial charge in [-0.2, -0.15) is 0 Å². The van der Waals surface area contributed by atoms with Crippen LogP contribution in [-0.2, 0) is 23.1 Å². The number of amides is 1. The number of aromatic nitrogens is 3. The number of thiazole rings is 1. The first-order valence-corrected chi connectivity index (χ1v) is 10.5. The molecule has 0 saturated carbocycles. The van der Waals surface area contributed by atoms with Crippen LogP contribution in [0.25, 0.3) is 10.3 Å². The highest BCUT2D eigenvalue weighted by Crippen LogP contribution is 2.28. The lowest BCUT2D eigenvalue weighted by Gasteiger charge is -2.12. The largest absolute Gasteiger partial charge is 0.465 e. The molecule has 3 aromatic rings. The molecule has 1 fully saturated rings. The molecule has 0 aliphatic carbocycles. The van der Waals surface area contributed by atoms with Gasteiger partial charge in [0.1, 0.15) is 11.2 Å². The van der Waals surface area contributed by atoms with Crippen LogP contribution in [0.2, 0.25) is 0 Å². The van der Waals surface area contributed by atoms with Crippen LogP contribution in [-0.4, -0.2) is 46.2 Å². The fourth-order valence-electron chi connectivity index (χ4n) is 3.53. The quantitative estimate of drug-likeness (QED) is 0.589. The van der Waals surface area contributed by atoms with Crippen molar-refractivity contribution in [1.82, 2.24) is 14.1 Å². The normalized spacial score (nSPS) is 13.5. The average Bonchev–Trinajstić information content (AvgIpc) is 3.45. The van der Waals surface area contributed by atoms with Crippen LogP contribution in [0.4, 0.5) is 10.8 Å².